The predicted molar refractivity (Wildman–Crippen MR) is 76.2 cm³/mol. The number of sulfone groups is 1. The Morgan fingerprint density at radius 3 is 2.89 bits per heavy atom. The molecule has 1 aromatic rings. The van der Waals surface area contributed by atoms with Gasteiger partial charge in [0.2, 0.25) is 0 Å². The molecule has 0 radical (unpaired) electrons. The van der Waals surface area contributed by atoms with Crippen LogP contribution in [-0.4, -0.2) is 39.0 Å². The third-order valence-corrected chi connectivity index (χ3v) is 5.89. The standard InChI is InChI=1S/C12H18N2O3S2/c15-12(13-5-3-11-2-1-6-18-11)14-8-10-4-7-19(16,17)9-10/h1-2,6,10H,3-5,7-9H2,(H2,13,14,15)/t10-/m1/s1. The number of amides is 2. The minimum atomic E-state index is -2.86. The molecule has 1 aromatic heterocycles. The quantitative estimate of drug-likeness (QED) is 0.853. The van der Waals surface area contributed by atoms with E-state index in [1.165, 1.54) is 4.88 Å². The first kappa shape index (κ1) is 14.3. The van der Waals surface area contributed by atoms with Crippen LogP contribution in [0, 0.1) is 5.92 Å². The first-order valence-corrected chi connectivity index (χ1v) is 9.00. The summed E-state index contributed by atoms with van der Waals surface area (Å²) in [5.41, 5.74) is 0. The van der Waals surface area contributed by atoms with Gasteiger partial charge in [0.15, 0.2) is 9.84 Å². The van der Waals surface area contributed by atoms with Crippen molar-refractivity contribution < 1.29 is 13.2 Å². The molecule has 2 N–H and O–H groups in total. The number of hydrogen-bond donors (Lipinski definition) is 2. The highest BCUT2D eigenvalue weighted by atomic mass is 32.2. The van der Waals surface area contributed by atoms with E-state index in [4.69, 9.17) is 0 Å². The number of urea groups is 1. The van der Waals surface area contributed by atoms with Crippen molar-refractivity contribution in [2.75, 3.05) is 24.6 Å². The van der Waals surface area contributed by atoms with Crippen LogP contribution in [0.25, 0.3) is 0 Å². The lowest BCUT2D eigenvalue weighted by atomic mass is 10.1. The monoisotopic (exact) mass is 302 g/mol. The SMILES string of the molecule is O=C(NCCc1cccs1)NC[C@H]1CCS(=O)(=O)C1. The molecule has 2 amide bonds. The molecule has 0 spiro atoms. The van der Waals surface area contributed by atoms with Crippen LogP contribution in [0.15, 0.2) is 17.5 Å². The Morgan fingerprint density at radius 1 is 1.42 bits per heavy atom. The number of carbonyl (C=O) groups excluding carboxylic acids is 1. The maximum atomic E-state index is 11.5. The molecule has 1 aliphatic rings. The Morgan fingerprint density at radius 2 is 2.26 bits per heavy atom. The molecule has 2 heterocycles. The lowest BCUT2D eigenvalue weighted by molar-refractivity contribution is 0.239. The zero-order valence-electron chi connectivity index (χ0n) is 10.6. The van der Waals surface area contributed by atoms with Crippen molar-refractivity contribution in [3.05, 3.63) is 22.4 Å². The second kappa shape index (κ2) is 6.38. The van der Waals surface area contributed by atoms with E-state index in [0.717, 1.165) is 6.42 Å². The highest BCUT2D eigenvalue weighted by Crippen LogP contribution is 2.17. The van der Waals surface area contributed by atoms with E-state index in [2.05, 4.69) is 10.6 Å². The average Bonchev–Trinajstić information content (AvgIpc) is 2.96. The van der Waals surface area contributed by atoms with Gasteiger partial charge in [-0.1, -0.05) is 6.07 Å². The zero-order valence-corrected chi connectivity index (χ0v) is 12.2. The highest BCUT2D eigenvalue weighted by Gasteiger charge is 2.27. The normalized spacial score (nSPS) is 21.2. The molecule has 0 bridgehead atoms. The summed E-state index contributed by atoms with van der Waals surface area (Å²) in [6.07, 6.45) is 1.47. The van der Waals surface area contributed by atoms with Crippen molar-refractivity contribution in [2.24, 2.45) is 5.92 Å². The summed E-state index contributed by atoms with van der Waals surface area (Å²) in [6.45, 7) is 1.03. The van der Waals surface area contributed by atoms with Crippen molar-refractivity contribution in [2.45, 2.75) is 12.8 Å². The zero-order chi connectivity index (χ0) is 13.7. The van der Waals surface area contributed by atoms with Crippen LogP contribution in [-0.2, 0) is 16.3 Å². The van der Waals surface area contributed by atoms with E-state index in [9.17, 15) is 13.2 Å². The van der Waals surface area contributed by atoms with Crippen LogP contribution >= 0.6 is 11.3 Å². The molecule has 1 atom stereocenters. The molecule has 106 valence electrons. The average molecular weight is 302 g/mol. The lowest BCUT2D eigenvalue weighted by Crippen LogP contribution is -2.39. The van der Waals surface area contributed by atoms with Gasteiger partial charge in [0, 0.05) is 18.0 Å². The highest BCUT2D eigenvalue weighted by molar-refractivity contribution is 7.91. The summed E-state index contributed by atoms with van der Waals surface area (Å²) in [7, 11) is -2.86. The first-order chi connectivity index (χ1) is 9.05. The van der Waals surface area contributed by atoms with Crippen molar-refractivity contribution in [3.63, 3.8) is 0 Å². The molecule has 19 heavy (non-hydrogen) atoms. The van der Waals surface area contributed by atoms with Gasteiger partial charge in [0.05, 0.1) is 11.5 Å². The van der Waals surface area contributed by atoms with Gasteiger partial charge in [-0.05, 0) is 30.2 Å². The smallest absolute Gasteiger partial charge is 0.314 e. The van der Waals surface area contributed by atoms with Crippen LogP contribution < -0.4 is 10.6 Å². The maximum absolute atomic E-state index is 11.5. The van der Waals surface area contributed by atoms with E-state index >= 15 is 0 Å². The molecule has 5 nitrogen and oxygen atoms in total. The fourth-order valence-electron chi connectivity index (χ4n) is 2.09. The lowest BCUT2D eigenvalue weighted by Gasteiger charge is -2.10. The summed E-state index contributed by atoms with van der Waals surface area (Å²) in [6, 6.07) is 3.80. The third kappa shape index (κ3) is 4.83. The third-order valence-electron chi connectivity index (χ3n) is 3.12. The minimum absolute atomic E-state index is 0.0630. The summed E-state index contributed by atoms with van der Waals surface area (Å²) < 4.78 is 22.5. The number of carbonyl (C=O) groups is 1. The van der Waals surface area contributed by atoms with Gasteiger partial charge in [-0.15, -0.1) is 11.3 Å². The number of nitrogens with one attached hydrogen (secondary N) is 2. The van der Waals surface area contributed by atoms with Gasteiger partial charge in [-0.25, -0.2) is 13.2 Å². The molecule has 1 aliphatic heterocycles. The van der Waals surface area contributed by atoms with E-state index < -0.39 is 9.84 Å². The molecule has 0 saturated carbocycles. The van der Waals surface area contributed by atoms with Gasteiger partial charge in [0.1, 0.15) is 0 Å². The number of thiophene rings is 1. The Kier molecular flexibility index (Phi) is 4.81. The first-order valence-electron chi connectivity index (χ1n) is 6.30. The molecule has 0 unspecified atom stereocenters. The van der Waals surface area contributed by atoms with Crippen LogP contribution in [0.4, 0.5) is 4.79 Å². The van der Waals surface area contributed by atoms with Crippen molar-refractivity contribution in [3.8, 4) is 0 Å². The van der Waals surface area contributed by atoms with Gasteiger partial charge in [-0.3, -0.25) is 0 Å². The van der Waals surface area contributed by atoms with E-state index in [1.807, 2.05) is 17.5 Å². The molecule has 0 aromatic carbocycles. The minimum Gasteiger partial charge on any atom is -0.338 e. The molecule has 7 heteroatoms. The summed E-state index contributed by atoms with van der Waals surface area (Å²) in [5, 5.41) is 7.51. The second-order valence-corrected chi connectivity index (χ2v) is 8.00. The van der Waals surface area contributed by atoms with Gasteiger partial charge in [0.25, 0.3) is 0 Å². The fraction of sp³-hybridized carbons (Fsp3) is 0.583. The van der Waals surface area contributed by atoms with E-state index in [1.54, 1.807) is 11.3 Å². The molecular weight excluding hydrogens is 284 g/mol. The number of rotatable bonds is 5. The molecule has 1 fully saturated rings. The topological polar surface area (TPSA) is 75.3 Å². The summed E-state index contributed by atoms with van der Waals surface area (Å²) >= 11 is 1.67. The summed E-state index contributed by atoms with van der Waals surface area (Å²) in [4.78, 5) is 12.8. The van der Waals surface area contributed by atoms with E-state index in [0.29, 0.717) is 19.5 Å². The van der Waals surface area contributed by atoms with Crippen LogP contribution in [0.5, 0.6) is 0 Å². The van der Waals surface area contributed by atoms with Crippen LogP contribution in [0.3, 0.4) is 0 Å². The second-order valence-electron chi connectivity index (χ2n) is 4.74. The van der Waals surface area contributed by atoms with Crippen molar-refractivity contribution >= 4 is 27.2 Å². The molecule has 1 saturated heterocycles. The van der Waals surface area contributed by atoms with Gasteiger partial charge >= 0.3 is 6.03 Å². The van der Waals surface area contributed by atoms with Crippen LogP contribution in [0.2, 0.25) is 0 Å². The molecule has 2 rings (SSSR count). The van der Waals surface area contributed by atoms with Crippen LogP contribution in [0.1, 0.15) is 11.3 Å². The maximum Gasteiger partial charge on any atom is 0.314 e. The fourth-order valence-corrected chi connectivity index (χ4v) is 4.66. The van der Waals surface area contributed by atoms with Crippen molar-refractivity contribution in [1.82, 2.24) is 10.6 Å². The summed E-state index contributed by atoms with van der Waals surface area (Å²) in [5.74, 6) is 0.509. The predicted octanol–water partition coefficient (Wildman–Crippen LogP) is 1.02. The van der Waals surface area contributed by atoms with E-state index in [-0.39, 0.29) is 23.5 Å². The molecular formula is C12H18N2O3S2. The van der Waals surface area contributed by atoms with Gasteiger partial charge < -0.3 is 10.6 Å². The Bertz CT molecular complexity index is 511. The Labute approximate surface area is 117 Å². The van der Waals surface area contributed by atoms with Gasteiger partial charge in [-0.2, -0.15) is 0 Å². The number of hydrogen-bond acceptors (Lipinski definition) is 4. The Hall–Kier alpha value is -1.08. The Balaban J connectivity index is 1.60. The largest absolute Gasteiger partial charge is 0.338 e. The van der Waals surface area contributed by atoms with Crippen molar-refractivity contribution in [1.29, 1.82) is 0 Å². The molecule has 0 aliphatic carbocycles.